The Morgan fingerprint density at radius 2 is 1.46 bits per heavy atom. The Kier molecular flexibility index (Phi) is 4.18. The van der Waals surface area contributed by atoms with Gasteiger partial charge in [-0.2, -0.15) is 0 Å². The first-order valence-corrected chi connectivity index (χ1v) is 9.88. The van der Waals surface area contributed by atoms with Crippen molar-refractivity contribution in [3.63, 3.8) is 0 Å². The SMILES string of the molecule is CC(C)(C)Cc1cccnc1-c1ccc2c(c1)C(C)(C)C(C)(C)C2(C)C. The topological polar surface area (TPSA) is 12.9 Å². The summed E-state index contributed by atoms with van der Waals surface area (Å²) >= 11 is 0. The zero-order valence-corrected chi connectivity index (χ0v) is 18.1. The van der Waals surface area contributed by atoms with Crippen molar-refractivity contribution in [3.8, 4) is 11.3 Å². The maximum atomic E-state index is 4.78. The Labute approximate surface area is 160 Å². The molecule has 0 bridgehead atoms. The summed E-state index contributed by atoms with van der Waals surface area (Å²) in [5, 5.41) is 0. The Morgan fingerprint density at radius 3 is 2.08 bits per heavy atom. The molecule has 1 aliphatic carbocycles. The molecule has 0 amide bonds. The molecular formula is C25H35N. The molecule has 1 aromatic heterocycles. The highest BCUT2D eigenvalue weighted by molar-refractivity contribution is 5.67. The van der Waals surface area contributed by atoms with E-state index in [4.69, 9.17) is 4.98 Å². The van der Waals surface area contributed by atoms with Crippen LogP contribution >= 0.6 is 0 Å². The molecule has 1 aromatic carbocycles. The summed E-state index contributed by atoms with van der Waals surface area (Å²) in [6, 6.07) is 11.4. The van der Waals surface area contributed by atoms with Crippen molar-refractivity contribution in [2.24, 2.45) is 10.8 Å². The Hall–Kier alpha value is -1.63. The van der Waals surface area contributed by atoms with E-state index in [9.17, 15) is 0 Å². The molecule has 0 saturated carbocycles. The highest BCUT2D eigenvalue weighted by Gasteiger charge is 2.56. The molecule has 0 saturated heterocycles. The largest absolute Gasteiger partial charge is 0.256 e. The van der Waals surface area contributed by atoms with Crippen LogP contribution in [-0.2, 0) is 17.3 Å². The average Bonchev–Trinajstić information content (AvgIpc) is 2.62. The molecule has 3 rings (SSSR count). The minimum Gasteiger partial charge on any atom is -0.256 e. The van der Waals surface area contributed by atoms with Gasteiger partial charge in [0, 0.05) is 11.8 Å². The summed E-state index contributed by atoms with van der Waals surface area (Å²) in [6.07, 6.45) is 2.96. The van der Waals surface area contributed by atoms with Crippen molar-refractivity contribution in [3.05, 3.63) is 53.2 Å². The average molecular weight is 350 g/mol. The first-order chi connectivity index (χ1) is 11.8. The molecule has 0 fully saturated rings. The number of nitrogens with zero attached hydrogens (tertiary/aromatic N) is 1. The molecule has 0 atom stereocenters. The van der Waals surface area contributed by atoms with E-state index in [1.807, 2.05) is 6.20 Å². The van der Waals surface area contributed by atoms with Gasteiger partial charge in [0.15, 0.2) is 0 Å². The van der Waals surface area contributed by atoms with Crippen LogP contribution in [0.2, 0.25) is 0 Å². The van der Waals surface area contributed by atoms with E-state index in [1.54, 1.807) is 0 Å². The van der Waals surface area contributed by atoms with E-state index in [2.05, 4.69) is 92.6 Å². The fourth-order valence-electron chi connectivity index (χ4n) is 4.62. The quantitative estimate of drug-likeness (QED) is 0.572. The number of rotatable bonds is 2. The Bertz CT molecular complexity index is 831. The standard InChI is InChI=1S/C25H35N/c1-22(2,3)16-18-11-10-14-26-21(18)17-12-13-19-20(15-17)24(6,7)25(8,9)23(19,4)5/h10-15H,16H2,1-9H3. The Morgan fingerprint density at radius 1 is 0.846 bits per heavy atom. The van der Waals surface area contributed by atoms with Gasteiger partial charge in [0.2, 0.25) is 0 Å². The molecule has 1 aliphatic rings. The maximum Gasteiger partial charge on any atom is 0.0734 e. The monoisotopic (exact) mass is 349 g/mol. The van der Waals surface area contributed by atoms with Gasteiger partial charge in [-0.25, -0.2) is 0 Å². The lowest BCUT2D eigenvalue weighted by atomic mass is 9.59. The third-order valence-corrected chi connectivity index (χ3v) is 7.38. The van der Waals surface area contributed by atoms with E-state index in [-0.39, 0.29) is 21.7 Å². The van der Waals surface area contributed by atoms with Crippen LogP contribution in [0.25, 0.3) is 11.3 Å². The maximum absolute atomic E-state index is 4.78. The van der Waals surface area contributed by atoms with E-state index < -0.39 is 0 Å². The molecule has 2 aromatic rings. The smallest absolute Gasteiger partial charge is 0.0734 e. The molecule has 0 radical (unpaired) electrons. The van der Waals surface area contributed by atoms with Crippen molar-refractivity contribution in [1.82, 2.24) is 4.98 Å². The van der Waals surface area contributed by atoms with Crippen LogP contribution in [0.4, 0.5) is 0 Å². The van der Waals surface area contributed by atoms with Crippen LogP contribution in [-0.4, -0.2) is 4.98 Å². The third-order valence-electron chi connectivity index (χ3n) is 7.38. The van der Waals surface area contributed by atoms with E-state index in [0.717, 1.165) is 12.1 Å². The predicted octanol–water partition coefficient (Wildman–Crippen LogP) is 6.93. The van der Waals surface area contributed by atoms with Gasteiger partial charge in [0.25, 0.3) is 0 Å². The minimum atomic E-state index is 0.126. The van der Waals surface area contributed by atoms with E-state index in [1.165, 1.54) is 22.3 Å². The van der Waals surface area contributed by atoms with Crippen molar-refractivity contribution >= 4 is 0 Å². The summed E-state index contributed by atoms with van der Waals surface area (Å²) in [5.74, 6) is 0. The number of aromatic nitrogens is 1. The van der Waals surface area contributed by atoms with Gasteiger partial charge in [0.05, 0.1) is 5.69 Å². The third kappa shape index (κ3) is 2.71. The van der Waals surface area contributed by atoms with Gasteiger partial charge in [-0.05, 0) is 56.9 Å². The second-order valence-corrected chi connectivity index (χ2v) is 10.9. The fourth-order valence-corrected chi connectivity index (χ4v) is 4.62. The predicted molar refractivity (Wildman–Crippen MR) is 113 cm³/mol. The lowest BCUT2D eigenvalue weighted by Crippen LogP contribution is -2.42. The number of hydrogen-bond donors (Lipinski definition) is 0. The number of pyridine rings is 1. The van der Waals surface area contributed by atoms with Gasteiger partial charge in [-0.3, -0.25) is 4.98 Å². The van der Waals surface area contributed by atoms with Crippen LogP contribution in [0.15, 0.2) is 36.5 Å². The van der Waals surface area contributed by atoms with Crippen molar-refractivity contribution < 1.29 is 0 Å². The van der Waals surface area contributed by atoms with Crippen LogP contribution in [0.3, 0.4) is 0 Å². The fraction of sp³-hybridized carbons (Fsp3) is 0.560. The van der Waals surface area contributed by atoms with Crippen molar-refractivity contribution in [2.75, 3.05) is 0 Å². The first-order valence-electron chi connectivity index (χ1n) is 9.88. The highest BCUT2D eigenvalue weighted by atomic mass is 14.7. The summed E-state index contributed by atoms with van der Waals surface area (Å²) in [7, 11) is 0. The number of hydrogen-bond acceptors (Lipinski definition) is 1. The molecule has 0 N–H and O–H groups in total. The molecule has 0 spiro atoms. The number of benzene rings is 1. The van der Waals surface area contributed by atoms with Gasteiger partial charge < -0.3 is 0 Å². The van der Waals surface area contributed by atoms with Gasteiger partial charge in [0.1, 0.15) is 0 Å². The van der Waals surface area contributed by atoms with Crippen LogP contribution in [0, 0.1) is 10.8 Å². The van der Waals surface area contributed by atoms with E-state index in [0.29, 0.717) is 0 Å². The molecule has 140 valence electrons. The summed E-state index contributed by atoms with van der Waals surface area (Å²) in [4.78, 5) is 4.78. The second kappa shape index (κ2) is 5.68. The second-order valence-electron chi connectivity index (χ2n) is 10.9. The molecular weight excluding hydrogens is 314 g/mol. The highest BCUT2D eigenvalue weighted by Crippen LogP contribution is 2.61. The van der Waals surface area contributed by atoms with Crippen LogP contribution in [0.5, 0.6) is 0 Å². The Balaban J connectivity index is 2.17. The number of fused-ring (bicyclic) bond motifs is 1. The molecule has 0 aliphatic heterocycles. The molecule has 1 heterocycles. The van der Waals surface area contributed by atoms with Crippen LogP contribution < -0.4 is 0 Å². The summed E-state index contributed by atoms with van der Waals surface area (Å²) in [5.41, 5.74) is 7.44. The lowest BCUT2D eigenvalue weighted by molar-refractivity contribution is 0.125. The summed E-state index contributed by atoms with van der Waals surface area (Å²) < 4.78 is 0. The van der Waals surface area contributed by atoms with Gasteiger partial charge >= 0.3 is 0 Å². The lowest BCUT2D eigenvalue weighted by Gasteiger charge is -2.44. The zero-order chi connectivity index (χ0) is 19.5. The van der Waals surface area contributed by atoms with Gasteiger partial charge in [-0.1, -0.05) is 80.5 Å². The van der Waals surface area contributed by atoms with Crippen molar-refractivity contribution in [2.45, 2.75) is 79.6 Å². The molecule has 0 unspecified atom stereocenters. The minimum absolute atomic E-state index is 0.126. The van der Waals surface area contributed by atoms with Gasteiger partial charge in [-0.15, -0.1) is 0 Å². The summed E-state index contributed by atoms with van der Waals surface area (Å²) in [6.45, 7) is 21.3. The normalized spacial score (nSPS) is 20.0. The molecule has 1 nitrogen and oxygen atoms in total. The van der Waals surface area contributed by atoms with E-state index >= 15 is 0 Å². The zero-order valence-electron chi connectivity index (χ0n) is 18.1. The first kappa shape index (κ1) is 19.1. The molecule has 1 heteroatoms. The van der Waals surface area contributed by atoms with Crippen molar-refractivity contribution in [1.29, 1.82) is 0 Å². The van der Waals surface area contributed by atoms with Crippen LogP contribution in [0.1, 0.15) is 79.0 Å². The molecule has 26 heavy (non-hydrogen) atoms.